The molecule has 0 saturated carbocycles. The first kappa shape index (κ1) is 93.1. The van der Waals surface area contributed by atoms with Crippen molar-refractivity contribution in [1.29, 1.82) is 0 Å². The van der Waals surface area contributed by atoms with Crippen LogP contribution < -0.4 is 0 Å². The second-order valence-corrected chi connectivity index (χ2v) is 31.7. The largest absolute Gasteiger partial charge is 0.472 e. The molecule has 0 aromatic heterocycles. The predicted molar refractivity (Wildman–Crippen MR) is 386 cm³/mol. The van der Waals surface area contributed by atoms with E-state index in [0.717, 1.165) is 108 Å². The van der Waals surface area contributed by atoms with Crippen molar-refractivity contribution in [3.63, 3.8) is 0 Å². The number of aliphatic hydroxyl groups excluding tert-OH is 1. The number of carbonyl (C=O) groups excluding carboxylic acids is 4. The van der Waals surface area contributed by atoms with E-state index in [9.17, 15) is 43.2 Å². The molecule has 3 N–H and O–H groups in total. The van der Waals surface area contributed by atoms with Crippen LogP contribution in [-0.4, -0.2) is 96.7 Å². The number of unbranched alkanes of at least 4 members (excludes halogenated alkanes) is 42. The summed E-state index contributed by atoms with van der Waals surface area (Å²) in [5.41, 5.74) is 0. The van der Waals surface area contributed by atoms with Crippen molar-refractivity contribution in [1.82, 2.24) is 0 Å². The zero-order valence-corrected chi connectivity index (χ0v) is 63.9. The number of phosphoric ester groups is 2. The molecule has 0 aromatic rings. The summed E-state index contributed by atoms with van der Waals surface area (Å²) in [4.78, 5) is 72.7. The Kier molecular flexibility index (Phi) is 65.2. The Morgan fingerprint density at radius 3 is 0.716 bits per heavy atom. The quantitative estimate of drug-likeness (QED) is 0.0222. The summed E-state index contributed by atoms with van der Waals surface area (Å²) in [6.07, 6.45) is 52.9. The molecule has 0 aliphatic carbocycles. The van der Waals surface area contributed by atoms with Gasteiger partial charge in [0.15, 0.2) is 12.2 Å². The molecular weight excluding hydrogens is 1250 g/mol. The van der Waals surface area contributed by atoms with Gasteiger partial charge in [-0.2, -0.15) is 0 Å². The van der Waals surface area contributed by atoms with Crippen molar-refractivity contribution in [2.75, 3.05) is 39.6 Å². The Morgan fingerprint density at radius 2 is 0.484 bits per heavy atom. The van der Waals surface area contributed by atoms with E-state index in [-0.39, 0.29) is 25.7 Å². The number of hydrogen-bond acceptors (Lipinski definition) is 15. The molecule has 0 fully saturated rings. The van der Waals surface area contributed by atoms with Gasteiger partial charge in [-0.3, -0.25) is 37.3 Å². The molecule has 0 spiro atoms. The van der Waals surface area contributed by atoms with Crippen LogP contribution in [0.3, 0.4) is 0 Å². The summed E-state index contributed by atoms with van der Waals surface area (Å²) in [6.45, 7) is 11.9. The number of hydrogen-bond donors (Lipinski definition) is 3. The van der Waals surface area contributed by atoms with Crippen molar-refractivity contribution in [2.24, 2.45) is 17.8 Å². The molecule has 0 bridgehead atoms. The molecule has 0 heterocycles. The molecule has 0 rings (SSSR count). The number of rotatable bonds is 74. The van der Waals surface area contributed by atoms with E-state index in [2.05, 4.69) is 48.5 Å². The van der Waals surface area contributed by atoms with Crippen LogP contribution in [0.25, 0.3) is 0 Å². The topological polar surface area (TPSA) is 237 Å². The first-order chi connectivity index (χ1) is 45.7. The fourth-order valence-electron chi connectivity index (χ4n) is 11.6. The molecule has 2 unspecified atom stereocenters. The van der Waals surface area contributed by atoms with Gasteiger partial charge >= 0.3 is 39.5 Å². The normalized spacial score (nSPS) is 14.1. The molecular formula is C76H148O17P2. The SMILES string of the molecule is CCCCCCCCCCCCCC(=O)O[C@H](COC(=O)CCCCCCCCC(C)C)COP(=O)(O)OC[C@H](O)COP(=O)(O)OC[C@@H](COC(=O)CCCCCCCCCCCCCCCCC(C)C)OC(=O)CCCCCCCCCCCCCCCCCC(C)C. The Balaban J connectivity index is 5.22. The van der Waals surface area contributed by atoms with Crippen molar-refractivity contribution < 1.29 is 80.2 Å². The highest BCUT2D eigenvalue weighted by Crippen LogP contribution is 2.45. The van der Waals surface area contributed by atoms with Crippen molar-refractivity contribution >= 4 is 39.5 Å². The molecule has 0 amide bonds. The molecule has 564 valence electrons. The van der Waals surface area contributed by atoms with E-state index >= 15 is 0 Å². The fraction of sp³-hybridized carbons (Fsp3) is 0.947. The molecule has 5 atom stereocenters. The molecule has 0 saturated heterocycles. The second kappa shape index (κ2) is 66.6. The lowest BCUT2D eigenvalue weighted by atomic mass is 10.0. The van der Waals surface area contributed by atoms with Crippen molar-refractivity contribution in [2.45, 2.75) is 407 Å². The summed E-state index contributed by atoms with van der Waals surface area (Å²) >= 11 is 0. The molecule has 0 aromatic carbocycles. The maximum atomic E-state index is 13.1. The minimum absolute atomic E-state index is 0.106. The third-order valence-electron chi connectivity index (χ3n) is 17.6. The standard InChI is InChI=1S/C76H148O17P2/c1-8-9-10-11-12-13-23-31-36-45-52-59-75(80)93-72(64-87-74(79)58-51-44-39-38-42-49-56-69(6)7)66-91-95(84,85)89-62-70(77)61-88-94(82,83)90-65-71(63-86-73(78)57-50-43-35-30-26-21-18-17-20-25-29-34-41-48-55-68(4)5)92-76(81)60-53-46-37-32-27-22-16-14-15-19-24-28-33-40-47-54-67(2)3/h67-72,77H,8-66H2,1-7H3,(H,82,83)(H,84,85)/t70-,71-,72-/m1/s1. The highest BCUT2D eigenvalue weighted by molar-refractivity contribution is 7.47. The molecule has 95 heavy (non-hydrogen) atoms. The van der Waals surface area contributed by atoms with Crippen LogP contribution >= 0.6 is 15.6 Å². The van der Waals surface area contributed by atoms with Crippen LogP contribution in [0, 0.1) is 17.8 Å². The molecule has 0 radical (unpaired) electrons. The van der Waals surface area contributed by atoms with Crippen LogP contribution in [0.5, 0.6) is 0 Å². The molecule has 19 heteroatoms. The van der Waals surface area contributed by atoms with Crippen LogP contribution in [-0.2, 0) is 65.4 Å². The summed E-state index contributed by atoms with van der Waals surface area (Å²) in [5.74, 6) is 0.163. The van der Waals surface area contributed by atoms with Crippen LogP contribution in [0.15, 0.2) is 0 Å². The van der Waals surface area contributed by atoms with Gasteiger partial charge in [-0.05, 0) is 43.4 Å². The van der Waals surface area contributed by atoms with Crippen LogP contribution in [0.4, 0.5) is 0 Å². The zero-order valence-electron chi connectivity index (χ0n) is 62.1. The molecule has 17 nitrogen and oxygen atoms in total. The monoisotopic (exact) mass is 1400 g/mol. The first-order valence-electron chi connectivity index (χ1n) is 39.3. The van der Waals surface area contributed by atoms with Gasteiger partial charge in [0.2, 0.25) is 0 Å². The van der Waals surface area contributed by atoms with Gasteiger partial charge in [0, 0.05) is 25.7 Å². The van der Waals surface area contributed by atoms with E-state index in [1.54, 1.807) is 0 Å². The van der Waals surface area contributed by atoms with Gasteiger partial charge in [0.25, 0.3) is 0 Å². The van der Waals surface area contributed by atoms with Gasteiger partial charge in [0.05, 0.1) is 26.4 Å². The van der Waals surface area contributed by atoms with Gasteiger partial charge in [-0.1, -0.05) is 337 Å². The van der Waals surface area contributed by atoms with Crippen molar-refractivity contribution in [3.8, 4) is 0 Å². The van der Waals surface area contributed by atoms with E-state index < -0.39 is 97.5 Å². The Bertz CT molecular complexity index is 1850. The number of aliphatic hydroxyl groups is 1. The summed E-state index contributed by atoms with van der Waals surface area (Å²) in [7, 11) is -9.91. The minimum Gasteiger partial charge on any atom is -0.462 e. The summed E-state index contributed by atoms with van der Waals surface area (Å²) in [6, 6.07) is 0. The average Bonchev–Trinajstić information content (AvgIpc) is 1.48. The highest BCUT2D eigenvalue weighted by atomic mass is 31.2. The maximum Gasteiger partial charge on any atom is 0.472 e. The van der Waals surface area contributed by atoms with Crippen LogP contribution in [0.2, 0.25) is 0 Å². The lowest BCUT2D eigenvalue weighted by Crippen LogP contribution is -2.30. The maximum absolute atomic E-state index is 13.1. The van der Waals surface area contributed by atoms with Gasteiger partial charge in [-0.25, -0.2) is 9.13 Å². The third kappa shape index (κ3) is 70.3. The van der Waals surface area contributed by atoms with Gasteiger partial charge in [0.1, 0.15) is 19.3 Å². The highest BCUT2D eigenvalue weighted by Gasteiger charge is 2.30. The Hall–Kier alpha value is -1.94. The number of carbonyl (C=O) groups is 4. The number of phosphoric acid groups is 2. The molecule has 0 aliphatic rings. The van der Waals surface area contributed by atoms with E-state index in [0.29, 0.717) is 31.6 Å². The first-order valence-corrected chi connectivity index (χ1v) is 42.3. The Morgan fingerprint density at radius 1 is 0.284 bits per heavy atom. The summed E-state index contributed by atoms with van der Waals surface area (Å²) < 4.78 is 68.5. The predicted octanol–water partition coefficient (Wildman–Crippen LogP) is 22.2. The second-order valence-electron chi connectivity index (χ2n) is 28.8. The minimum atomic E-state index is -4.96. The number of esters is 4. The third-order valence-corrected chi connectivity index (χ3v) is 19.5. The van der Waals surface area contributed by atoms with Crippen molar-refractivity contribution in [3.05, 3.63) is 0 Å². The van der Waals surface area contributed by atoms with Gasteiger partial charge < -0.3 is 33.8 Å². The van der Waals surface area contributed by atoms with E-state index in [1.807, 2.05) is 0 Å². The fourth-order valence-corrected chi connectivity index (χ4v) is 13.2. The lowest BCUT2D eigenvalue weighted by Gasteiger charge is -2.21. The Labute approximate surface area is 581 Å². The van der Waals surface area contributed by atoms with E-state index in [1.165, 1.54) is 193 Å². The summed E-state index contributed by atoms with van der Waals surface area (Å²) in [5, 5.41) is 10.6. The van der Waals surface area contributed by atoms with Crippen LogP contribution in [0.1, 0.15) is 389 Å². The smallest absolute Gasteiger partial charge is 0.462 e. The van der Waals surface area contributed by atoms with Gasteiger partial charge in [-0.15, -0.1) is 0 Å². The molecule has 0 aliphatic heterocycles. The lowest BCUT2D eigenvalue weighted by molar-refractivity contribution is -0.161. The van der Waals surface area contributed by atoms with E-state index in [4.69, 9.17) is 37.0 Å². The zero-order chi connectivity index (χ0) is 70.1. The average molecular weight is 1400 g/mol. The number of ether oxygens (including phenoxy) is 4.